The van der Waals surface area contributed by atoms with Gasteiger partial charge in [0.2, 0.25) is 5.82 Å². The summed E-state index contributed by atoms with van der Waals surface area (Å²) >= 11 is 1.12. The quantitative estimate of drug-likeness (QED) is 0.645. The fourth-order valence-electron chi connectivity index (χ4n) is 1.52. The van der Waals surface area contributed by atoms with Crippen LogP contribution < -0.4 is 0 Å². The summed E-state index contributed by atoms with van der Waals surface area (Å²) in [5.41, 5.74) is 0.921. The summed E-state index contributed by atoms with van der Waals surface area (Å²) in [7, 11) is 0. The Kier molecular flexibility index (Phi) is 4.06. The van der Waals surface area contributed by atoms with Crippen LogP contribution in [0, 0.1) is 0 Å². The van der Waals surface area contributed by atoms with E-state index in [-0.39, 0.29) is 5.75 Å². The van der Waals surface area contributed by atoms with Crippen LogP contribution in [0.3, 0.4) is 0 Å². The standard InChI is InChI=1S/C12H13N3O3S/c1-8(2)6-15-11(9-4-3-5-18-9)13-14-12(15)19-7-10(16)17/h3-5H,1,6-7H2,2H3,(H,16,17). The van der Waals surface area contributed by atoms with Gasteiger partial charge in [0.15, 0.2) is 10.9 Å². The van der Waals surface area contributed by atoms with E-state index in [9.17, 15) is 4.79 Å². The minimum absolute atomic E-state index is 0.0630. The highest BCUT2D eigenvalue weighted by Crippen LogP contribution is 2.25. The maximum Gasteiger partial charge on any atom is 0.313 e. The second-order valence-electron chi connectivity index (χ2n) is 4.01. The van der Waals surface area contributed by atoms with Gasteiger partial charge >= 0.3 is 5.97 Å². The van der Waals surface area contributed by atoms with Crippen LogP contribution in [0.25, 0.3) is 11.6 Å². The molecule has 0 fully saturated rings. The van der Waals surface area contributed by atoms with Crippen LogP contribution in [-0.4, -0.2) is 31.6 Å². The fraction of sp³-hybridized carbons (Fsp3) is 0.250. The van der Waals surface area contributed by atoms with Crippen molar-refractivity contribution in [2.75, 3.05) is 5.75 Å². The highest BCUT2D eigenvalue weighted by molar-refractivity contribution is 7.99. The molecule has 1 N–H and O–H groups in total. The molecule has 0 bridgehead atoms. The lowest BCUT2D eigenvalue weighted by Crippen LogP contribution is -2.05. The van der Waals surface area contributed by atoms with Crippen LogP contribution in [0.15, 0.2) is 40.1 Å². The Morgan fingerprint density at radius 3 is 2.95 bits per heavy atom. The minimum atomic E-state index is -0.894. The second-order valence-corrected chi connectivity index (χ2v) is 4.95. The third-order valence-corrected chi connectivity index (χ3v) is 3.16. The van der Waals surface area contributed by atoms with E-state index in [1.54, 1.807) is 23.0 Å². The molecule has 0 aliphatic heterocycles. The summed E-state index contributed by atoms with van der Waals surface area (Å²) in [5.74, 6) is 0.207. The van der Waals surface area contributed by atoms with Gasteiger partial charge in [-0.1, -0.05) is 23.9 Å². The molecule has 0 amide bonds. The van der Waals surface area contributed by atoms with Gasteiger partial charge in [0.05, 0.1) is 12.0 Å². The Balaban J connectivity index is 2.33. The van der Waals surface area contributed by atoms with E-state index in [2.05, 4.69) is 16.8 Å². The molecule has 2 heterocycles. The second kappa shape index (κ2) is 5.75. The zero-order valence-corrected chi connectivity index (χ0v) is 11.2. The SMILES string of the molecule is C=C(C)Cn1c(SCC(=O)O)nnc1-c1ccco1. The number of carboxylic acids is 1. The molecule has 7 heteroatoms. The van der Waals surface area contributed by atoms with Crippen LogP contribution in [0.5, 0.6) is 0 Å². The van der Waals surface area contributed by atoms with Crippen molar-refractivity contribution in [1.29, 1.82) is 0 Å². The summed E-state index contributed by atoms with van der Waals surface area (Å²) in [4.78, 5) is 10.6. The number of furan rings is 1. The molecule has 0 aliphatic carbocycles. The Labute approximate surface area is 114 Å². The van der Waals surface area contributed by atoms with Crippen LogP contribution in [-0.2, 0) is 11.3 Å². The van der Waals surface area contributed by atoms with Gasteiger partial charge in [-0.2, -0.15) is 0 Å². The summed E-state index contributed by atoms with van der Waals surface area (Å²) in [6.07, 6.45) is 1.55. The number of carbonyl (C=O) groups is 1. The van der Waals surface area contributed by atoms with E-state index in [4.69, 9.17) is 9.52 Å². The highest BCUT2D eigenvalue weighted by atomic mass is 32.2. The van der Waals surface area contributed by atoms with Crippen molar-refractivity contribution < 1.29 is 14.3 Å². The minimum Gasteiger partial charge on any atom is -0.481 e. The molecule has 0 aliphatic rings. The van der Waals surface area contributed by atoms with Crippen molar-refractivity contribution in [2.45, 2.75) is 18.6 Å². The summed E-state index contributed by atoms with van der Waals surface area (Å²) < 4.78 is 7.10. The molecule has 0 aromatic carbocycles. The molecular formula is C12H13N3O3S. The molecule has 0 unspecified atom stereocenters. The molecule has 0 spiro atoms. The molecule has 2 rings (SSSR count). The third kappa shape index (κ3) is 3.25. The summed E-state index contributed by atoms with van der Waals surface area (Å²) in [5, 5.41) is 17.3. The maximum atomic E-state index is 10.6. The fourth-order valence-corrected chi connectivity index (χ4v) is 2.18. The molecule has 2 aromatic rings. The van der Waals surface area contributed by atoms with E-state index >= 15 is 0 Å². The molecule has 0 saturated heterocycles. The largest absolute Gasteiger partial charge is 0.481 e. The average molecular weight is 279 g/mol. The molecule has 0 radical (unpaired) electrons. The zero-order chi connectivity index (χ0) is 13.8. The molecule has 0 saturated carbocycles. The van der Waals surface area contributed by atoms with E-state index in [1.165, 1.54) is 0 Å². The van der Waals surface area contributed by atoms with Crippen LogP contribution in [0.2, 0.25) is 0 Å². The monoisotopic (exact) mass is 279 g/mol. The summed E-state index contributed by atoms with van der Waals surface area (Å²) in [6.45, 7) is 6.26. The first-order valence-corrected chi connectivity index (χ1v) is 6.52. The predicted molar refractivity (Wildman–Crippen MR) is 70.9 cm³/mol. The van der Waals surface area contributed by atoms with Gasteiger partial charge in [-0.15, -0.1) is 10.2 Å². The molecule has 2 aromatic heterocycles. The van der Waals surface area contributed by atoms with Crippen molar-refractivity contribution in [3.8, 4) is 11.6 Å². The molecule has 19 heavy (non-hydrogen) atoms. The lowest BCUT2D eigenvalue weighted by atomic mass is 10.3. The molecule has 100 valence electrons. The van der Waals surface area contributed by atoms with Gasteiger partial charge in [-0.05, 0) is 19.1 Å². The summed E-state index contributed by atoms with van der Waals surface area (Å²) in [6, 6.07) is 3.55. The first kappa shape index (κ1) is 13.4. The normalized spacial score (nSPS) is 10.6. The number of hydrogen-bond donors (Lipinski definition) is 1. The predicted octanol–water partition coefficient (Wildman–Crippen LogP) is 2.29. The van der Waals surface area contributed by atoms with Gasteiger partial charge < -0.3 is 9.52 Å². The van der Waals surface area contributed by atoms with Crippen LogP contribution in [0.4, 0.5) is 0 Å². The van der Waals surface area contributed by atoms with Gasteiger partial charge in [-0.25, -0.2) is 0 Å². The zero-order valence-electron chi connectivity index (χ0n) is 10.4. The Bertz CT molecular complexity index is 589. The van der Waals surface area contributed by atoms with Crippen molar-refractivity contribution in [1.82, 2.24) is 14.8 Å². The number of allylic oxidation sites excluding steroid dienone is 1. The first-order chi connectivity index (χ1) is 9.08. The van der Waals surface area contributed by atoms with E-state index in [0.29, 0.717) is 23.3 Å². The van der Waals surface area contributed by atoms with Gasteiger partial charge in [0.25, 0.3) is 0 Å². The number of aromatic nitrogens is 3. The van der Waals surface area contributed by atoms with Gasteiger partial charge in [0.1, 0.15) is 0 Å². The Morgan fingerprint density at radius 1 is 1.58 bits per heavy atom. The van der Waals surface area contributed by atoms with Gasteiger partial charge in [-0.3, -0.25) is 9.36 Å². The van der Waals surface area contributed by atoms with Crippen molar-refractivity contribution in [3.63, 3.8) is 0 Å². The third-order valence-electron chi connectivity index (χ3n) is 2.21. The lowest BCUT2D eigenvalue weighted by molar-refractivity contribution is -0.133. The van der Waals surface area contributed by atoms with Crippen LogP contribution in [0.1, 0.15) is 6.92 Å². The lowest BCUT2D eigenvalue weighted by Gasteiger charge is -2.07. The highest BCUT2D eigenvalue weighted by Gasteiger charge is 2.17. The average Bonchev–Trinajstić information content (AvgIpc) is 2.94. The van der Waals surface area contributed by atoms with Crippen LogP contribution >= 0.6 is 11.8 Å². The number of rotatable bonds is 6. The molecule has 6 nitrogen and oxygen atoms in total. The Morgan fingerprint density at radius 2 is 2.37 bits per heavy atom. The van der Waals surface area contributed by atoms with Crippen molar-refractivity contribution in [2.24, 2.45) is 0 Å². The van der Waals surface area contributed by atoms with E-state index < -0.39 is 5.97 Å². The number of hydrogen-bond acceptors (Lipinski definition) is 5. The van der Waals surface area contributed by atoms with Crippen molar-refractivity contribution >= 4 is 17.7 Å². The smallest absolute Gasteiger partial charge is 0.313 e. The van der Waals surface area contributed by atoms with E-state index in [1.807, 2.05) is 6.92 Å². The molecule has 0 atom stereocenters. The number of nitrogens with zero attached hydrogens (tertiary/aromatic N) is 3. The topological polar surface area (TPSA) is 81.2 Å². The first-order valence-electron chi connectivity index (χ1n) is 5.54. The molecular weight excluding hydrogens is 266 g/mol. The van der Waals surface area contributed by atoms with E-state index in [0.717, 1.165) is 17.3 Å². The number of thioether (sulfide) groups is 1. The number of carboxylic acid groups (broad SMARTS) is 1. The number of aliphatic carboxylic acids is 1. The Hall–Kier alpha value is -2.02. The van der Waals surface area contributed by atoms with Gasteiger partial charge in [0, 0.05) is 6.54 Å². The van der Waals surface area contributed by atoms with Crippen molar-refractivity contribution in [3.05, 3.63) is 30.5 Å². The maximum absolute atomic E-state index is 10.6.